The number of nitrogens with zero attached hydrogens (tertiary/aromatic N) is 4. The van der Waals surface area contributed by atoms with Crippen LogP contribution < -0.4 is 4.90 Å². The molecule has 0 aliphatic carbocycles. The molecule has 0 unspecified atom stereocenters. The van der Waals surface area contributed by atoms with Crippen molar-refractivity contribution in [2.24, 2.45) is 0 Å². The van der Waals surface area contributed by atoms with Gasteiger partial charge in [-0.2, -0.15) is 4.31 Å². The largest absolute Gasteiger partial charge is 0.278 e. The second-order valence-corrected chi connectivity index (χ2v) is 11.3. The number of halogens is 1. The average molecular weight is 513 g/mol. The van der Waals surface area contributed by atoms with E-state index in [9.17, 15) is 13.2 Å². The minimum Gasteiger partial charge on any atom is -0.278 e. The minimum absolute atomic E-state index is 0.189. The summed E-state index contributed by atoms with van der Waals surface area (Å²) >= 11 is 7.68. The zero-order chi connectivity index (χ0) is 23.7. The van der Waals surface area contributed by atoms with Gasteiger partial charge in [0.2, 0.25) is 10.0 Å². The Morgan fingerprint density at radius 3 is 2.47 bits per heavy atom. The van der Waals surface area contributed by atoms with Crippen LogP contribution in [-0.2, 0) is 16.6 Å². The van der Waals surface area contributed by atoms with Crippen molar-refractivity contribution in [3.8, 4) is 0 Å². The summed E-state index contributed by atoms with van der Waals surface area (Å²) in [6.07, 6.45) is 3.40. The lowest BCUT2D eigenvalue weighted by atomic mass is 10.2. The van der Waals surface area contributed by atoms with Gasteiger partial charge in [0.05, 0.1) is 26.9 Å². The van der Waals surface area contributed by atoms with Crippen molar-refractivity contribution in [2.45, 2.75) is 24.3 Å². The third-order valence-corrected chi connectivity index (χ3v) is 8.95. The Labute approximate surface area is 206 Å². The molecule has 10 heteroatoms. The Morgan fingerprint density at radius 2 is 1.79 bits per heavy atom. The standard InChI is InChI=1S/C24H21ClN4O3S2/c25-20-7-5-8-21-22(20)27-24(33-21)29(16-18-6-1-2-13-26-18)23(30)17-9-11-19(12-10-17)34(31,32)28-14-3-4-15-28/h1-2,5-13H,3-4,14-16H2. The molecule has 1 amide bonds. The zero-order valence-corrected chi connectivity index (χ0v) is 20.5. The van der Waals surface area contributed by atoms with Gasteiger partial charge in [-0.25, -0.2) is 13.4 Å². The topological polar surface area (TPSA) is 83.5 Å². The molecular weight excluding hydrogens is 492 g/mol. The fourth-order valence-electron chi connectivity index (χ4n) is 3.90. The number of anilines is 1. The van der Waals surface area contributed by atoms with Crippen molar-refractivity contribution in [3.63, 3.8) is 0 Å². The van der Waals surface area contributed by atoms with Crippen LogP contribution in [0.15, 0.2) is 71.8 Å². The van der Waals surface area contributed by atoms with E-state index in [2.05, 4.69) is 9.97 Å². The predicted molar refractivity (Wildman–Crippen MR) is 134 cm³/mol. The first-order chi connectivity index (χ1) is 16.4. The molecule has 2 aromatic heterocycles. The van der Waals surface area contributed by atoms with E-state index in [4.69, 9.17) is 11.6 Å². The minimum atomic E-state index is -3.55. The van der Waals surface area contributed by atoms with Crippen LogP contribution in [0.5, 0.6) is 0 Å². The second-order valence-electron chi connectivity index (χ2n) is 7.93. The Balaban J connectivity index is 1.49. The molecule has 7 nitrogen and oxygen atoms in total. The summed E-state index contributed by atoms with van der Waals surface area (Å²) in [5.74, 6) is -0.300. The molecule has 0 bridgehead atoms. The van der Waals surface area contributed by atoms with Crippen molar-refractivity contribution < 1.29 is 13.2 Å². The van der Waals surface area contributed by atoms with Crippen molar-refractivity contribution in [1.29, 1.82) is 0 Å². The maximum Gasteiger partial charge on any atom is 0.260 e. The smallest absolute Gasteiger partial charge is 0.260 e. The number of hydrogen-bond donors (Lipinski definition) is 0. The number of carbonyl (C=O) groups excluding carboxylic acids is 1. The lowest BCUT2D eigenvalue weighted by molar-refractivity contribution is 0.0984. The summed E-state index contributed by atoms with van der Waals surface area (Å²) in [7, 11) is -3.55. The normalized spacial score (nSPS) is 14.5. The van der Waals surface area contributed by atoms with Crippen LogP contribution in [0.2, 0.25) is 5.02 Å². The molecule has 5 rings (SSSR count). The lowest BCUT2D eigenvalue weighted by Gasteiger charge is -2.20. The van der Waals surface area contributed by atoms with Gasteiger partial charge in [-0.1, -0.05) is 35.1 Å². The Bertz CT molecular complexity index is 1430. The fraction of sp³-hybridized carbons (Fsp3) is 0.208. The highest BCUT2D eigenvalue weighted by atomic mass is 35.5. The van der Waals surface area contributed by atoms with Gasteiger partial charge in [0.25, 0.3) is 5.91 Å². The number of benzene rings is 2. The molecule has 3 heterocycles. The maximum absolute atomic E-state index is 13.6. The first-order valence-electron chi connectivity index (χ1n) is 10.8. The molecular formula is C24H21ClN4O3S2. The molecule has 1 fully saturated rings. The van der Waals surface area contributed by atoms with Crippen LogP contribution in [0.1, 0.15) is 28.9 Å². The van der Waals surface area contributed by atoms with Gasteiger partial charge < -0.3 is 0 Å². The van der Waals surface area contributed by atoms with Crippen LogP contribution in [0.4, 0.5) is 5.13 Å². The molecule has 174 valence electrons. The molecule has 1 aliphatic heterocycles. The number of hydrogen-bond acceptors (Lipinski definition) is 6. The van der Waals surface area contributed by atoms with Gasteiger partial charge >= 0.3 is 0 Å². The van der Waals surface area contributed by atoms with E-state index in [0.717, 1.165) is 17.5 Å². The number of fused-ring (bicyclic) bond motifs is 1. The van der Waals surface area contributed by atoms with E-state index in [1.165, 1.54) is 27.8 Å². The quantitative estimate of drug-likeness (QED) is 0.364. The molecule has 2 aromatic carbocycles. The molecule has 0 spiro atoms. The molecule has 4 aromatic rings. The Morgan fingerprint density at radius 1 is 1.03 bits per heavy atom. The molecule has 1 saturated heterocycles. The van der Waals surface area contributed by atoms with Crippen molar-refractivity contribution in [1.82, 2.24) is 14.3 Å². The molecule has 0 radical (unpaired) electrons. The lowest BCUT2D eigenvalue weighted by Crippen LogP contribution is -2.31. The number of para-hydroxylation sites is 1. The Hall–Kier alpha value is -2.85. The highest BCUT2D eigenvalue weighted by Gasteiger charge is 2.28. The summed E-state index contributed by atoms with van der Waals surface area (Å²) in [6, 6.07) is 17.1. The predicted octanol–water partition coefficient (Wildman–Crippen LogP) is 4.98. The van der Waals surface area contributed by atoms with Gasteiger partial charge in [0.1, 0.15) is 5.52 Å². The van der Waals surface area contributed by atoms with E-state index < -0.39 is 10.0 Å². The van der Waals surface area contributed by atoms with Crippen molar-refractivity contribution in [2.75, 3.05) is 18.0 Å². The third-order valence-electron chi connectivity index (χ3n) is 5.68. The van der Waals surface area contributed by atoms with Crippen LogP contribution in [-0.4, -0.2) is 41.7 Å². The average Bonchev–Trinajstić information content (AvgIpc) is 3.54. The van der Waals surface area contributed by atoms with E-state index in [-0.39, 0.29) is 17.3 Å². The van der Waals surface area contributed by atoms with Gasteiger partial charge in [-0.05, 0) is 61.4 Å². The van der Waals surface area contributed by atoms with Gasteiger partial charge in [0, 0.05) is 24.8 Å². The van der Waals surface area contributed by atoms with Crippen LogP contribution in [0.25, 0.3) is 10.2 Å². The van der Waals surface area contributed by atoms with Crippen LogP contribution in [0, 0.1) is 0 Å². The first-order valence-corrected chi connectivity index (χ1v) is 13.4. The number of thiazole rings is 1. The Kier molecular flexibility index (Phi) is 6.35. The SMILES string of the molecule is O=C(c1ccc(S(=O)(=O)N2CCCC2)cc1)N(Cc1ccccn1)c1nc2c(Cl)cccc2s1. The van der Waals surface area contributed by atoms with Crippen molar-refractivity contribution in [3.05, 3.63) is 83.1 Å². The summed E-state index contributed by atoms with van der Waals surface area (Å²) < 4.78 is 28.0. The maximum atomic E-state index is 13.6. The summed E-state index contributed by atoms with van der Waals surface area (Å²) in [5, 5.41) is 1.01. The zero-order valence-electron chi connectivity index (χ0n) is 18.1. The van der Waals surface area contributed by atoms with Crippen LogP contribution in [0.3, 0.4) is 0 Å². The first kappa shape index (κ1) is 22.9. The van der Waals surface area contributed by atoms with Gasteiger partial charge in [-0.3, -0.25) is 14.7 Å². The molecule has 0 saturated carbocycles. The monoisotopic (exact) mass is 512 g/mol. The van der Waals surface area contributed by atoms with Crippen molar-refractivity contribution >= 4 is 54.2 Å². The number of aromatic nitrogens is 2. The molecule has 0 N–H and O–H groups in total. The number of amides is 1. The number of sulfonamides is 1. The molecule has 1 aliphatic rings. The number of rotatable bonds is 6. The number of pyridine rings is 1. The van der Waals surface area contributed by atoms with E-state index in [0.29, 0.717) is 40.0 Å². The number of carbonyl (C=O) groups is 1. The third kappa shape index (κ3) is 4.44. The van der Waals surface area contributed by atoms with E-state index in [1.54, 1.807) is 29.3 Å². The van der Waals surface area contributed by atoms with Crippen LogP contribution >= 0.6 is 22.9 Å². The summed E-state index contributed by atoms with van der Waals surface area (Å²) in [5.41, 5.74) is 1.70. The molecule has 0 atom stereocenters. The van der Waals surface area contributed by atoms with Gasteiger partial charge in [0.15, 0.2) is 5.13 Å². The van der Waals surface area contributed by atoms with E-state index >= 15 is 0 Å². The van der Waals surface area contributed by atoms with E-state index in [1.807, 2.05) is 30.3 Å². The summed E-state index contributed by atoms with van der Waals surface area (Å²) in [6.45, 7) is 1.27. The summed E-state index contributed by atoms with van der Waals surface area (Å²) in [4.78, 5) is 24.3. The highest BCUT2D eigenvalue weighted by Crippen LogP contribution is 2.34. The molecule has 34 heavy (non-hydrogen) atoms. The highest BCUT2D eigenvalue weighted by molar-refractivity contribution is 7.89. The fourth-order valence-corrected chi connectivity index (χ4v) is 6.68. The van der Waals surface area contributed by atoms with Gasteiger partial charge in [-0.15, -0.1) is 0 Å². The second kappa shape index (κ2) is 9.42.